The molecule has 0 bridgehead atoms. The van der Waals surface area contributed by atoms with Crippen LogP contribution in [0.25, 0.3) is 0 Å². The van der Waals surface area contributed by atoms with E-state index in [1.165, 1.54) is 6.92 Å². The van der Waals surface area contributed by atoms with Gasteiger partial charge in [0.2, 0.25) is 0 Å². The first-order valence-corrected chi connectivity index (χ1v) is 9.05. The normalized spacial score (nSPS) is 9.18. The number of benzene rings is 1. The van der Waals surface area contributed by atoms with E-state index in [4.69, 9.17) is 0 Å². The third-order valence-corrected chi connectivity index (χ3v) is 2.40. The summed E-state index contributed by atoms with van der Waals surface area (Å²) in [4.78, 5) is 10.3. The van der Waals surface area contributed by atoms with Crippen LogP contribution in [0.15, 0.2) is 36.4 Å². The number of rotatable bonds is 1. The largest absolute Gasteiger partial charge is 0.453 e. The van der Waals surface area contributed by atoms with E-state index in [0.717, 1.165) is 0 Å². The highest BCUT2D eigenvalue weighted by Crippen LogP contribution is 1.95. The molecule has 1 aromatic carbocycles. The van der Waals surface area contributed by atoms with Gasteiger partial charge in [-0.2, -0.15) is 0 Å². The van der Waals surface area contributed by atoms with Crippen molar-refractivity contribution in [3.05, 3.63) is 36.4 Å². The van der Waals surface area contributed by atoms with Crippen LogP contribution < -0.4 is 0 Å². The number of ether oxygens (including phenoxy) is 1. The first-order valence-electron chi connectivity index (χ1n) is 5.55. The highest BCUT2D eigenvalue weighted by Gasteiger charge is 2.06. The van der Waals surface area contributed by atoms with E-state index in [1.807, 2.05) is 36.4 Å². The average Bonchev–Trinajstić information content (AvgIpc) is 2.26. The van der Waals surface area contributed by atoms with Crippen LogP contribution in [-0.2, 0) is 9.53 Å². The zero-order chi connectivity index (χ0) is 13.1. The summed E-state index contributed by atoms with van der Waals surface area (Å²) in [5, 5.41) is 0. The van der Waals surface area contributed by atoms with Gasteiger partial charge in [0.25, 0.3) is 0 Å². The third-order valence-electron chi connectivity index (χ3n) is 1.48. The third kappa shape index (κ3) is 14.5. The quantitative estimate of drug-likeness (QED) is 0.433. The van der Waals surface area contributed by atoms with E-state index in [0.29, 0.717) is 0 Å². The van der Waals surface area contributed by atoms with Crippen LogP contribution in [-0.4, -0.2) is 20.7 Å². The molecular weight excluding hydrogens is 228 g/mol. The fourth-order valence-electron chi connectivity index (χ4n) is 0.824. The maximum atomic E-state index is 10.3. The Bertz CT molecular complexity index is 342. The molecule has 0 aliphatic heterocycles. The SMILES string of the molecule is CC(=O)OCC#C[Si](C)(C)C.c1ccccc1. The Hall–Kier alpha value is -1.53. The van der Waals surface area contributed by atoms with Crippen molar-refractivity contribution in [3.8, 4) is 11.5 Å². The van der Waals surface area contributed by atoms with Crippen molar-refractivity contribution >= 4 is 14.0 Å². The van der Waals surface area contributed by atoms with Crippen LogP contribution in [0.5, 0.6) is 0 Å². The molecule has 0 heterocycles. The van der Waals surface area contributed by atoms with Crippen LogP contribution in [0, 0.1) is 11.5 Å². The van der Waals surface area contributed by atoms with Crippen molar-refractivity contribution in [2.24, 2.45) is 0 Å². The first-order chi connectivity index (χ1) is 7.92. The summed E-state index contributed by atoms with van der Waals surface area (Å²) < 4.78 is 4.65. The number of hydrogen-bond donors (Lipinski definition) is 0. The topological polar surface area (TPSA) is 26.3 Å². The Morgan fingerprint density at radius 3 is 1.76 bits per heavy atom. The molecule has 0 atom stereocenters. The molecular formula is C14H20O2Si. The summed E-state index contributed by atoms with van der Waals surface area (Å²) in [5.74, 6) is 2.56. The number of carbonyl (C=O) groups excluding carboxylic acids is 1. The standard InChI is InChI=1S/C8H14O2Si.C6H6/c1-8(9)10-6-5-7-11(2,3)4;1-2-4-6-5-3-1/h6H2,1-4H3;1-6H. The molecule has 92 valence electrons. The molecule has 0 saturated carbocycles. The Kier molecular flexibility index (Phi) is 7.82. The van der Waals surface area contributed by atoms with E-state index in [1.54, 1.807) is 0 Å². The zero-order valence-corrected chi connectivity index (χ0v) is 12.0. The summed E-state index contributed by atoms with van der Waals surface area (Å²) in [7, 11) is -1.28. The van der Waals surface area contributed by atoms with Crippen LogP contribution in [0.2, 0.25) is 19.6 Å². The van der Waals surface area contributed by atoms with Gasteiger partial charge in [0.1, 0.15) is 8.07 Å². The fraction of sp³-hybridized carbons (Fsp3) is 0.357. The maximum Gasteiger partial charge on any atom is 0.303 e. The second-order valence-electron chi connectivity index (χ2n) is 4.49. The predicted octanol–water partition coefficient (Wildman–Crippen LogP) is 3.12. The van der Waals surface area contributed by atoms with Crippen molar-refractivity contribution in [3.63, 3.8) is 0 Å². The van der Waals surface area contributed by atoms with Crippen LogP contribution in [0.4, 0.5) is 0 Å². The van der Waals surface area contributed by atoms with Gasteiger partial charge in [0.05, 0.1) is 0 Å². The maximum absolute atomic E-state index is 10.3. The first kappa shape index (κ1) is 15.5. The van der Waals surface area contributed by atoms with Crippen molar-refractivity contribution in [1.82, 2.24) is 0 Å². The number of esters is 1. The molecule has 17 heavy (non-hydrogen) atoms. The lowest BCUT2D eigenvalue weighted by Gasteiger charge is -2.03. The summed E-state index contributed by atoms with van der Waals surface area (Å²) in [6.07, 6.45) is 0. The lowest BCUT2D eigenvalue weighted by atomic mass is 10.4. The smallest absolute Gasteiger partial charge is 0.303 e. The van der Waals surface area contributed by atoms with Gasteiger partial charge in [0, 0.05) is 6.92 Å². The van der Waals surface area contributed by atoms with Crippen molar-refractivity contribution < 1.29 is 9.53 Å². The fourth-order valence-corrected chi connectivity index (χ4v) is 1.43. The molecule has 0 saturated heterocycles. The van der Waals surface area contributed by atoms with E-state index < -0.39 is 8.07 Å². The van der Waals surface area contributed by atoms with Crippen LogP contribution >= 0.6 is 0 Å². The highest BCUT2D eigenvalue weighted by molar-refractivity contribution is 6.83. The van der Waals surface area contributed by atoms with E-state index in [9.17, 15) is 4.79 Å². The molecule has 1 aromatic rings. The van der Waals surface area contributed by atoms with Crippen molar-refractivity contribution in [2.75, 3.05) is 6.61 Å². The summed E-state index contributed by atoms with van der Waals surface area (Å²) in [6, 6.07) is 12.0. The van der Waals surface area contributed by atoms with Gasteiger partial charge in [-0.25, -0.2) is 0 Å². The van der Waals surface area contributed by atoms with E-state index >= 15 is 0 Å². The minimum absolute atomic E-state index is 0.236. The highest BCUT2D eigenvalue weighted by atomic mass is 28.3. The summed E-state index contributed by atoms with van der Waals surface area (Å²) in [6.45, 7) is 8.06. The molecule has 0 radical (unpaired) electrons. The second-order valence-corrected chi connectivity index (χ2v) is 9.24. The molecule has 0 amide bonds. The number of hydrogen-bond acceptors (Lipinski definition) is 2. The van der Waals surface area contributed by atoms with Gasteiger partial charge in [-0.15, -0.1) is 5.54 Å². The molecule has 1 rings (SSSR count). The van der Waals surface area contributed by atoms with Gasteiger partial charge in [0.15, 0.2) is 6.61 Å². The minimum Gasteiger partial charge on any atom is -0.453 e. The van der Waals surface area contributed by atoms with Crippen molar-refractivity contribution in [2.45, 2.75) is 26.6 Å². The Morgan fingerprint density at radius 2 is 1.47 bits per heavy atom. The Morgan fingerprint density at radius 1 is 1.06 bits per heavy atom. The molecule has 0 N–H and O–H groups in total. The van der Waals surface area contributed by atoms with Gasteiger partial charge in [-0.3, -0.25) is 4.79 Å². The molecule has 3 heteroatoms. The van der Waals surface area contributed by atoms with E-state index in [-0.39, 0.29) is 12.6 Å². The van der Waals surface area contributed by atoms with Gasteiger partial charge in [-0.05, 0) is 0 Å². The van der Waals surface area contributed by atoms with Crippen molar-refractivity contribution in [1.29, 1.82) is 0 Å². The lowest BCUT2D eigenvalue weighted by Crippen LogP contribution is -2.16. The van der Waals surface area contributed by atoms with E-state index in [2.05, 4.69) is 35.8 Å². The summed E-state index contributed by atoms with van der Waals surface area (Å²) >= 11 is 0. The molecule has 0 aromatic heterocycles. The Labute approximate surface area is 105 Å². The van der Waals surface area contributed by atoms with Gasteiger partial charge in [-0.1, -0.05) is 62.0 Å². The predicted molar refractivity (Wildman–Crippen MR) is 74.2 cm³/mol. The number of carbonyl (C=O) groups is 1. The van der Waals surface area contributed by atoms with Crippen LogP contribution in [0.3, 0.4) is 0 Å². The molecule has 2 nitrogen and oxygen atoms in total. The molecule has 0 spiro atoms. The molecule has 0 unspecified atom stereocenters. The monoisotopic (exact) mass is 248 g/mol. The minimum atomic E-state index is -1.28. The second kappa shape index (κ2) is 8.60. The molecule has 0 aliphatic rings. The average molecular weight is 248 g/mol. The van der Waals surface area contributed by atoms with Gasteiger partial charge >= 0.3 is 5.97 Å². The van der Waals surface area contributed by atoms with Crippen LogP contribution in [0.1, 0.15) is 6.92 Å². The Balaban J connectivity index is 0.000000354. The molecule has 0 fully saturated rings. The molecule has 0 aliphatic carbocycles. The zero-order valence-electron chi connectivity index (χ0n) is 11.0. The summed E-state index contributed by atoms with van der Waals surface area (Å²) in [5.41, 5.74) is 3.09. The van der Waals surface area contributed by atoms with Gasteiger partial charge < -0.3 is 4.74 Å². The lowest BCUT2D eigenvalue weighted by molar-refractivity contribution is -0.139.